The molecule has 13 heavy (non-hydrogen) atoms. The lowest BCUT2D eigenvalue weighted by atomic mass is 10.2. The molecule has 0 radical (unpaired) electrons. The highest BCUT2D eigenvalue weighted by molar-refractivity contribution is 9.10. The van der Waals surface area contributed by atoms with Crippen molar-refractivity contribution in [2.45, 2.75) is 6.43 Å². The van der Waals surface area contributed by atoms with E-state index < -0.39 is 6.43 Å². The Bertz CT molecular complexity index is 296. The standard InChI is InChI=1S/C7H7BrF2N2O/c1-13-4-2-3(8)5(6(9)10)7(11)12-4/h2,6H,1H3,(H2,11,12). The maximum atomic E-state index is 12.3. The van der Waals surface area contributed by atoms with Crippen LogP contribution in [0.5, 0.6) is 5.88 Å². The monoisotopic (exact) mass is 252 g/mol. The van der Waals surface area contributed by atoms with Crippen LogP contribution in [0.4, 0.5) is 14.6 Å². The number of nitrogens with two attached hydrogens (primary N) is 1. The molecule has 1 heterocycles. The molecular weight excluding hydrogens is 246 g/mol. The van der Waals surface area contributed by atoms with Gasteiger partial charge in [0.25, 0.3) is 6.43 Å². The summed E-state index contributed by atoms with van der Waals surface area (Å²) in [4.78, 5) is 3.62. The van der Waals surface area contributed by atoms with Crippen LogP contribution in [0.1, 0.15) is 12.0 Å². The molecule has 0 amide bonds. The summed E-state index contributed by atoms with van der Waals surface area (Å²) in [7, 11) is 1.39. The molecule has 0 aliphatic rings. The first-order valence-corrected chi connectivity index (χ1v) is 4.13. The third-order valence-corrected chi connectivity index (χ3v) is 2.10. The minimum atomic E-state index is -2.65. The van der Waals surface area contributed by atoms with E-state index >= 15 is 0 Å². The Balaban J connectivity index is 3.23. The molecule has 0 spiro atoms. The molecule has 0 fully saturated rings. The molecule has 0 aliphatic carbocycles. The summed E-state index contributed by atoms with van der Waals surface area (Å²) in [5.41, 5.74) is 4.99. The zero-order valence-electron chi connectivity index (χ0n) is 6.72. The van der Waals surface area contributed by atoms with Crippen molar-refractivity contribution in [3.63, 3.8) is 0 Å². The van der Waals surface area contributed by atoms with Crippen molar-refractivity contribution in [3.05, 3.63) is 16.1 Å². The van der Waals surface area contributed by atoms with Gasteiger partial charge in [0, 0.05) is 10.5 Å². The minimum absolute atomic E-state index is 0.201. The molecular formula is C7H7BrF2N2O. The molecule has 3 nitrogen and oxygen atoms in total. The van der Waals surface area contributed by atoms with Crippen molar-refractivity contribution in [2.24, 2.45) is 0 Å². The van der Waals surface area contributed by atoms with E-state index in [9.17, 15) is 8.78 Å². The average Bonchev–Trinajstić information content (AvgIpc) is 2.02. The lowest BCUT2D eigenvalue weighted by molar-refractivity contribution is 0.151. The summed E-state index contributed by atoms with van der Waals surface area (Å²) in [6.07, 6.45) is -2.65. The van der Waals surface area contributed by atoms with Gasteiger partial charge in [0.1, 0.15) is 5.82 Å². The molecule has 0 atom stereocenters. The highest BCUT2D eigenvalue weighted by atomic mass is 79.9. The molecule has 0 unspecified atom stereocenters. The minimum Gasteiger partial charge on any atom is -0.481 e. The molecule has 72 valence electrons. The van der Waals surface area contributed by atoms with Crippen LogP contribution in [-0.4, -0.2) is 12.1 Å². The lowest BCUT2D eigenvalue weighted by Gasteiger charge is -2.07. The predicted molar refractivity (Wildman–Crippen MR) is 47.9 cm³/mol. The van der Waals surface area contributed by atoms with Gasteiger partial charge in [-0.25, -0.2) is 8.78 Å². The second-order valence-electron chi connectivity index (χ2n) is 2.25. The van der Waals surface area contributed by atoms with Gasteiger partial charge >= 0.3 is 0 Å². The number of pyridine rings is 1. The summed E-state index contributed by atoms with van der Waals surface area (Å²) in [6, 6.07) is 1.35. The molecule has 1 aromatic rings. The van der Waals surface area contributed by atoms with Crippen molar-refractivity contribution in [3.8, 4) is 5.88 Å². The van der Waals surface area contributed by atoms with Gasteiger partial charge in [0.2, 0.25) is 5.88 Å². The van der Waals surface area contributed by atoms with Gasteiger partial charge in [-0.2, -0.15) is 4.98 Å². The second-order valence-corrected chi connectivity index (χ2v) is 3.10. The lowest BCUT2D eigenvalue weighted by Crippen LogP contribution is -2.01. The number of alkyl halides is 2. The Kier molecular flexibility index (Phi) is 3.02. The summed E-state index contributed by atoms with van der Waals surface area (Å²) in [5.74, 6) is -0.0185. The summed E-state index contributed by atoms with van der Waals surface area (Å²) in [6.45, 7) is 0. The number of methoxy groups -OCH3 is 1. The van der Waals surface area contributed by atoms with Crippen LogP contribution in [0.15, 0.2) is 10.5 Å². The van der Waals surface area contributed by atoms with E-state index in [-0.39, 0.29) is 21.7 Å². The van der Waals surface area contributed by atoms with Crippen molar-refractivity contribution in [2.75, 3.05) is 12.8 Å². The van der Waals surface area contributed by atoms with Crippen molar-refractivity contribution >= 4 is 21.7 Å². The summed E-state index contributed by atoms with van der Waals surface area (Å²) >= 11 is 2.96. The van der Waals surface area contributed by atoms with Gasteiger partial charge < -0.3 is 10.5 Å². The Morgan fingerprint density at radius 3 is 2.62 bits per heavy atom. The fourth-order valence-corrected chi connectivity index (χ4v) is 1.41. The number of halogens is 3. The van der Waals surface area contributed by atoms with Gasteiger partial charge in [-0.3, -0.25) is 0 Å². The van der Waals surface area contributed by atoms with Crippen LogP contribution in [-0.2, 0) is 0 Å². The van der Waals surface area contributed by atoms with E-state index in [2.05, 4.69) is 20.9 Å². The van der Waals surface area contributed by atoms with Crippen LogP contribution in [0.25, 0.3) is 0 Å². The van der Waals surface area contributed by atoms with Crippen molar-refractivity contribution < 1.29 is 13.5 Å². The van der Waals surface area contributed by atoms with Gasteiger partial charge in [0.15, 0.2) is 0 Å². The van der Waals surface area contributed by atoms with E-state index in [4.69, 9.17) is 10.5 Å². The number of anilines is 1. The van der Waals surface area contributed by atoms with Gasteiger partial charge in [-0.05, 0) is 15.9 Å². The van der Waals surface area contributed by atoms with Crippen molar-refractivity contribution in [1.29, 1.82) is 0 Å². The molecule has 0 bridgehead atoms. The van der Waals surface area contributed by atoms with E-state index in [0.29, 0.717) is 0 Å². The quantitative estimate of drug-likeness (QED) is 0.880. The first-order valence-electron chi connectivity index (χ1n) is 3.34. The van der Waals surface area contributed by atoms with Crippen LogP contribution < -0.4 is 10.5 Å². The highest BCUT2D eigenvalue weighted by Gasteiger charge is 2.17. The number of nitrogen functional groups attached to an aromatic ring is 1. The first kappa shape index (κ1) is 10.2. The maximum absolute atomic E-state index is 12.3. The Morgan fingerprint density at radius 1 is 1.62 bits per heavy atom. The molecule has 6 heteroatoms. The smallest absolute Gasteiger partial charge is 0.268 e. The zero-order chi connectivity index (χ0) is 10.0. The number of hydrogen-bond acceptors (Lipinski definition) is 3. The largest absolute Gasteiger partial charge is 0.481 e. The third kappa shape index (κ3) is 2.06. The Morgan fingerprint density at radius 2 is 2.23 bits per heavy atom. The third-order valence-electron chi connectivity index (χ3n) is 1.44. The van der Waals surface area contributed by atoms with E-state index in [0.717, 1.165) is 0 Å². The first-order chi connectivity index (χ1) is 6.06. The molecule has 1 aromatic heterocycles. The molecule has 0 aromatic carbocycles. The van der Waals surface area contributed by atoms with Crippen LogP contribution in [0.3, 0.4) is 0 Å². The average molecular weight is 253 g/mol. The normalized spacial score (nSPS) is 10.5. The molecule has 2 N–H and O–H groups in total. The Hall–Kier alpha value is -0.910. The van der Waals surface area contributed by atoms with Crippen molar-refractivity contribution in [1.82, 2.24) is 4.98 Å². The molecule has 0 saturated carbocycles. The van der Waals surface area contributed by atoms with Gasteiger partial charge in [-0.15, -0.1) is 0 Å². The SMILES string of the molecule is COc1cc(Br)c(C(F)F)c(N)n1. The van der Waals surface area contributed by atoms with Gasteiger partial charge in [0.05, 0.1) is 12.7 Å². The molecule has 1 rings (SSSR count). The fraction of sp³-hybridized carbons (Fsp3) is 0.286. The summed E-state index contributed by atoms with van der Waals surface area (Å²) in [5, 5.41) is 0. The number of aromatic nitrogens is 1. The Labute approximate surface area is 82.0 Å². The molecule has 0 aliphatic heterocycles. The molecule has 0 saturated heterocycles. The summed E-state index contributed by atoms with van der Waals surface area (Å²) < 4.78 is 29.6. The van der Waals surface area contributed by atoms with Crippen LogP contribution >= 0.6 is 15.9 Å². The number of hydrogen-bond donors (Lipinski definition) is 1. The highest BCUT2D eigenvalue weighted by Crippen LogP contribution is 2.33. The van der Waals surface area contributed by atoms with E-state index in [1.54, 1.807) is 0 Å². The van der Waals surface area contributed by atoms with E-state index in [1.165, 1.54) is 13.2 Å². The maximum Gasteiger partial charge on any atom is 0.268 e. The number of nitrogens with zero attached hydrogens (tertiary/aromatic N) is 1. The number of rotatable bonds is 2. The van der Waals surface area contributed by atoms with Crippen LogP contribution in [0, 0.1) is 0 Å². The predicted octanol–water partition coefficient (Wildman–Crippen LogP) is 2.37. The van der Waals surface area contributed by atoms with Gasteiger partial charge in [-0.1, -0.05) is 0 Å². The van der Waals surface area contributed by atoms with E-state index in [1.807, 2.05) is 0 Å². The number of ether oxygens (including phenoxy) is 1. The topological polar surface area (TPSA) is 48.1 Å². The van der Waals surface area contributed by atoms with Crippen LogP contribution in [0.2, 0.25) is 0 Å². The zero-order valence-corrected chi connectivity index (χ0v) is 8.31. The second kappa shape index (κ2) is 3.87. The fourth-order valence-electron chi connectivity index (χ4n) is 0.840.